The second-order valence-corrected chi connectivity index (χ2v) is 15.1. The van der Waals surface area contributed by atoms with Crippen molar-refractivity contribution >= 4 is 17.3 Å². The zero-order valence-corrected chi connectivity index (χ0v) is 27.3. The summed E-state index contributed by atoms with van der Waals surface area (Å²) < 4.78 is 11.0. The van der Waals surface area contributed by atoms with Gasteiger partial charge in [0.15, 0.2) is 0 Å². The number of carbonyl (C=O) groups excluding carboxylic acids is 1. The van der Waals surface area contributed by atoms with Crippen molar-refractivity contribution in [2.45, 2.75) is 111 Å². The highest BCUT2D eigenvalue weighted by Gasteiger charge is 2.59. The van der Waals surface area contributed by atoms with E-state index in [9.17, 15) is 25.0 Å². The molecular formula is C35H50N2O7. The number of hydrogen-bond acceptors (Lipinski definition) is 7. The largest absolute Gasteiger partial charge is 0.490 e. The van der Waals surface area contributed by atoms with E-state index in [-0.39, 0.29) is 16.7 Å². The average molecular weight is 611 g/mol. The van der Waals surface area contributed by atoms with Gasteiger partial charge in [-0.3, -0.25) is 20.2 Å². The van der Waals surface area contributed by atoms with Crippen molar-refractivity contribution in [2.24, 2.45) is 46.3 Å². The minimum Gasteiger partial charge on any atom is -0.490 e. The fourth-order valence-corrected chi connectivity index (χ4v) is 10.2. The molecule has 8 atom stereocenters. The van der Waals surface area contributed by atoms with Crippen LogP contribution in [-0.2, 0) is 4.74 Å². The number of non-ortho nitro benzene ring substituents is 1. The lowest BCUT2D eigenvalue weighted by Gasteiger charge is -2.58. The van der Waals surface area contributed by atoms with Gasteiger partial charge in [-0.15, -0.1) is 0 Å². The number of methoxy groups -OCH3 is 1. The van der Waals surface area contributed by atoms with E-state index < -0.39 is 33.3 Å². The van der Waals surface area contributed by atoms with E-state index in [0.717, 1.165) is 48.6 Å². The number of benzene rings is 1. The number of nitro benzene ring substituents is 2. The van der Waals surface area contributed by atoms with Crippen molar-refractivity contribution < 1.29 is 24.1 Å². The van der Waals surface area contributed by atoms with Crippen molar-refractivity contribution in [2.75, 3.05) is 7.11 Å². The van der Waals surface area contributed by atoms with Crippen molar-refractivity contribution in [3.63, 3.8) is 0 Å². The van der Waals surface area contributed by atoms with Crippen LogP contribution in [0.1, 0.15) is 116 Å². The minimum atomic E-state index is -0.829. The first-order valence-corrected chi connectivity index (χ1v) is 16.7. The van der Waals surface area contributed by atoms with Crippen LogP contribution in [0, 0.1) is 66.6 Å². The molecule has 5 rings (SSSR count). The topological polar surface area (TPSA) is 122 Å². The second kappa shape index (κ2) is 12.4. The van der Waals surface area contributed by atoms with E-state index in [1.54, 1.807) is 0 Å². The van der Waals surface area contributed by atoms with Crippen LogP contribution in [0.3, 0.4) is 0 Å². The maximum atomic E-state index is 13.3. The number of fused-ring (bicyclic) bond motifs is 5. The molecule has 0 radical (unpaired) electrons. The van der Waals surface area contributed by atoms with Crippen LogP contribution < -0.4 is 4.74 Å². The number of esters is 1. The Morgan fingerprint density at radius 2 is 1.75 bits per heavy atom. The van der Waals surface area contributed by atoms with E-state index in [1.807, 2.05) is 0 Å². The minimum absolute atomic E-state index is 0.0795. The Bertz CT molecular complexity index is 1320. The SMILES string of the molecule is COc1c(C(=O)O[C@H]2CC[C@@]3(C)C(=CC[C@H]4[C@@H]5CC[C@H]([C@H](C)CCCC(C)C)[C@@]5(C)CC[C@@H]43)C2)cc([N+](=O)[O-])cc1[N+](=O)[O-]. The molecule has 0 N–H and O–H groups in total. The number of carbonyl (C=O) groups is 1. The molecule has 4 aliphatic carbocycles. The summed E-state index contributed by atoms with van der Waals surface area (Å²) in [6.45, 7) is 12.2. The van der Waals surface area contributed by atoms with Crippen molar-refractivity contribution in [1.82, 2.24) is 0 Å². The monoisotopic (exact) mass is 610 g/mol. The number of hydrogen-bond donors (Lipinski definition) is 0. The lowest BCUT2D eigenvalue weighted by atomic mass is 9.47. The molecule has 4 aliphatic rings. The molecule has 3 saturated carbocycles. The summed E-state index contributed by atoms with van der Waals surface area (Å²) in [6.07, 6.45) is 14.6. The Morgan fingerprint density at radius 1 is 1.00 bits per heavy atom. The molecule has 3 fully saturated rings. The molecular weight excluding hydrogens is 560 g/mol. The smallest absolute Gasteiger partial charge is 0.342 e. The number of allylic oxidation sites excluding steroid dienone is 1. The molecule has 0 amide bonds. The van der Waals surface area contributed by atoms with E-state index in [2.05, 4.69) is 40.7 Å². The highest BCUT2D eigenvalue weighted by molar-refractivity contribution is 5.95. The van der Waals surface area contributed by atoms with Crippen LogP contribution in [-0.4, -0.2) is 29.0 Å². The number of nitrogens with zero attached hydrogens (tertiary/aromatic N) is 2. The van der Waals surface area contributed by atoms with Gasteiger partial charge >= 0.3 is 11.7 Å². The molecule has 0 aliphatic heterocycles. The highest BCUT2D eigenvalue weighted by Crippen LogP contribution is 2.67. The summed E-state index contributed by atoms with van der Waals surface area (Å²) in [5.41, 5.74) is 0.391. The molecule has 0 bridgehead atoms. The van der Waals surface area contributed by atoms with Gasteiger partial charge in [0, 0.05) is 12.5 Å². The lowest BCUT2D eigenvalue weighted by Crippen LogP contribution is -2.51. The summed E-state index contributed by atoms with van der Waals surface area (Å²) in [6, 6.07) is 1.81. The zero-order valence-electron chi connectivity index (χ0n) is 27.3. The van der Waals surface area contributed by atoms with Crippen molar-refractivity contribution in [3.05, 3.63) is 49.6 Å². The fourth-order valence-electron chi connectivity index (χ4n) is 10.2. The Morgan fingerprint density at radius 3 is 2.41 bits per heavy atom. The quantitative estimate of drug-likeness (QED) is 0.112. The summed E-state index contributed by atoms with van der Waals surface area (Å²) >= 11 is 0. The van der Waals surface area contributed by atoms with Gasteiger partial charge in [0.1, 0.15) is 11.7 Å². The molecule has 9 nitrogen and oxygen atoms in total. The molecule has 0 aromatic heterocycles. The van der Waals surface area contributed by atoms with Crippen LogP contribution in [0.2, 0.25) is 0 Å². The molecule has 1 aromatic rings. The van der Waals surface area contributed by atoms with Crippen molar-refractivity contribution in [3.8, 4) is 5.75 Å². The maximum Gasteiger partial charge on any atom is 0.342 e. The Kier molecular flexibility index (Phi) is 9.16. The Hall–Kier alpha value is -2.97. The molecule has 1 aromatic carbocycles. The summed E-state index contributed by atoms with van der Waals surface area (Å²) in [4.78, 5) is 34.8. The van der Waals surface area contributed by atoms with E-state index in [0.29, 0.717) is 30.1 Å². The van der Waals surface area contributed by atoms with Gasteiger partial charge in [-0.2, -0.15) is 0 Å². The molecule has 242 valence electrons. The van der Waals surface area contributed by atoms with Crippen molar-refractivity contribution in [1.29, 1.82) is 0 Å². The Labute approximate surface area is 261 Å². The van der Waals surface area contributed by atoms with Gasteiger partial charge in [0.25, 0.3) is 5.69 Å². The van der Waals surface area contributed by atoms with E-state index in [4.69, 9.17) is 9.47 Å². The fraction of sp³-hybridized carbons (Fsp3) is 0.743. The van der Waals surface area contributed by atoms with Gasteiger partial charge in [-0.1, -0.05) is 65.5 Å². The predicted molar refractivity (Wildman–Crippen MR) is 169 cm³/mol. The standard InChI is InChI=1S/C35H50N2O7/c1-21(2)8-7-9-22(3)28-12-13-29-26-11-10-23-18-25(14-16-34(23,4)30(26)15-17-35(28,29)5)44-33(38)27-19-24(36(39)40)20-31(37(41)42)32(27)43-6/h10,19-22,25-26,28-30H,7-9,11-18H2,1-6H3/t22-,25+,26+,28-,29+,30+,34+,35-/m1/s1. The van der Waals surface area contributed by atoms with E-state index in [1.165, 1.54) is 57.6 Å². The molecule has 0 heterocycles. The van der Waals surface area contributed by atoms with Gasteiger partial charge in [0.05, 0.1) is 23.0 Å². The third-order valence-electron chi connectivity index (χ3n) is 12.4. The molecule has 44 heavy (non-hydrogen) atoms. The lowest BCUT2D eigenvalue weighted by molar-refractivity contribution is -0.394. The zero-order chi connectivity index (χ0) is 32.0. The number of nitro groups is 2. The van der Waals surface area contributed by atoms with Gasteiger partial charge in [-0.05, 0) is 91.3 Å². The van der Waals surface area contributed by atoms with Gasteiger partial charge in [0.2, 0.25) is 5.75 Å². The summed E-state index contributed by atoms with van der Waals surface area (Å²) in [5, 5.41) is 23.0. The van der Waals surface area contributed by atoms with Gasteiger partial charge in [-0.25, -0.2) is 4.79 Å². The summed E-state index contributed by atoms with van der Waals surface area (Å²) in [5.74, 6) is 3.32. The predicted octanol–water partition coefficient (Wildman–Crippen LogP) is 9.08. The first-order valence-electron chi connectivity index (χ1n) is 16.7. The summed E-state index contributed by atoms with van der Waals surface area (Å²) in [7, 11) is 1.20. The third-order valence-corrected chi connectivity index (χ3v) is 12.4. The van der Waals surface area contributed by atoms with Crippen LogP contribution in [0.4, 0.5) is 11.4 Å². The molecule has 0 saturated heterocycles. The van der Waals surface area contributed by atoms with Crippen LogP contribution in [0.15, 0.2) is 23.8 Å². The first-order chi connectivity index (χ1) is 20.8. The van der Waals surface area contributed by atoms with Crippen LogP contribution >= 0.6 is 0 Å². The van der Waals surface area contributed by atoms with E-state index >= 15 is 0 Å². The van der Waals surface area contributed by atoms with Crippen LogP contribution in [0.5, 0.6) is 5.75 Å². The highest BCUT2D eigenvalue weighted by atomic mass is 16.6. The number of rotatable bonds is 10. The Balaban J connectivity index is 1.29. The molecule has 9 heteroatoms. The number of ether oxygens (including phenoxy) is 2. The van der Waals surface area contributed by atoms with Gasteiger partial charge < -0.3 is 9.47 Å². The third kappa shape index (κ3) is 5.76. The normalized spacial score (nSPS) is 33.4. The average Bonchev–Trinajstić information content (AvgIpc) is 3.33. The molecule has 0 unspecified atom stereocenters. The second-order valence-electron chi connectivity index (χ2n) is 15.1. The molecule has 0 spiro atoms. The first kappa shape index (κ1) is 32.4. The maximum absolute atomic E-state index is 13.3. The van der Waals surface area contributed by atoms with Crippen LogP contribution in [0.25, 0.3) is 0 Å².